The topological polar surface area (TPSA) is 58.6 Å². The number of benzene rings is 3. The van der Waals surface area contributed by atoms with Crippen molar-refractivity contribution in [3.63, 3.8) is 0 Å². The zero-order valence-corrected chi connectivity index (χ0v) is 20.6. The van der Waals surface area contributed by atoms with E-state index >= 15 is 0 Å². The van der Waals surface area contributed by atoms with E-state index in [1.54, 1.807) is 0 Å². The Bertz CT molecular complexity index is 1290. The van der Waals surface area contributed by atoms with Crippen molar-refractivity contribution in [3.05, 3.63) is 74.5 Å². The van der Waals surface area contributed by atoms with E-state index in [0.29, 0.717) is 18.8 Å². The van der Waals surface area contributed by atoms with Crippen molar-refractivity contribution in [1.82, 2.24) is 0 Å². The van der Waals surface area contributed by atoms with Crippen LogP contribution in [0.3, 0.4) is 0 Å². The molecule has 2 aliphatic rings. The minimum atomic E-state index is -0.218. The van der Waals surface area contributed by atoms with E-state index < -0.39 is 0 Å². The lowest BCUT2D eigenvalue weighted by atomic mass is 9.68. The molecular weight excluding hydrogens is 513 g/mol. The number of phenols is 1. The second kappa shape index (κ2) is 7.80. The molecule has 5 heteroatoms. The molecule has 1 unspecified atom stereocenters. The average molecular weight is 539 g/mol. The molecule has 5 rings (SSSR count). The number of phenolic OH excluding ortho intramolecular Hbond substituents is 1. The largest absolute Gasteiger partial charge is 0.504 e. The number of carbonyl (C=O) groups is 1. The molecule has 0 bridgehead atoms. The van der Waals surface area contributed by atoms with Crippen molar-refractivity contribution in [3.8, 4) is 11.5 Å². The number of halogens is 1. The van der Waals surface area contributed by atoms with Gasteiger partial charge in [0.25, 0.3) is 0 Å². The van der Waals surface area contributed by atoms with Gasteiger partial charge in [-0.25, -0.2) is 0 Å². The minimum Gasteiger partial charge on any atom is -0.504 e. The minimum absolute atomic E-state index is 0.0817. The first-order chi connectivity index (χ1) is 15.3. The summed E-state index contributed by atoms with van der Waals surface area (Å²) in [7, 11) is 0. The average Bonchev–Trinajstić information content (AvgIpc) is 2.74. The Morgan fingerprint density at radius 1 is 1.16 bits per heavy atom. The van der Waals surface area contributed by atoms with Crippen LogP contribution in [0.2, 0.25) is 0 Å². The van der Waals surface area contributed by atoms with E-state index in [9.17, 15) is 9.90 Å². The van der Waals surface area contributed by atoms with Crippen LogP contribution in [0.25, 0.3) is 10.8 Å². The molecular formula is C27H26INO3. The zero-order chi connectivity index (χ0) is 22.6. The summed E-state index contributed by atoms with van der Waals surface area (Å²) in [5.74, 6) is 0.576. The Morgan fingerprint density at radius 3 is 2.72 bits per heavy atom. The molecule has 4 nitrogen and oxygen atoms in total. The summed E-state index contributed by atoms with van der Waals surface area (Å²) in [6.07, 6.45) is 1.35. The van der Waals surface area contributed by atoms with Gasteiger partial charge in [-0.2, -0.15) is 0 Å². The van der Waals surface area contributed by atoms with Crippen LogP contribution >= 0.6 is 22.6 Å². The summed E-state index contributed by atoms with van der Waals surface area (Å²) < 4.78 is 6.47. The molecule has 1 atom stereocenters. The van der Waals surface area contributed by atoms with Gasteiger partial charge >= 0.3 is 0 Å². The monoisotopic (exact) mass is 539 g/mol. The number of ketones is 1. The van der Waals surface area contributed by atoms with E-state index in [2.05, 4.69) is 66.0 Å². The summed E-state index contributed by atoms with van der Waals surface area (Å²) >= 11 is 2.14. The fourth-order valence-corrected chi connectivity index (χ4v) is 5.79. The number of nitrogens with one attached hydrogen (secondary N) is 1. The number of allylic oxidation sites excluding steroid dienone is 2. The number of anilines is 1. The van der Waals surface area contributed by atoms with E-state index in [0.717, 1.165) is 48.8 Å². The highest BCUT2D eigenvalue weighted by Gasteiger charge is 2.41. The Kier molecular flexibility index (Phi) is 5.19. The maximum atomic E-state index is 13.6. The molecule has 1 aliphatic carbocycles. The normalized spacial score (nSPS) is 19.4. The summed E-state index contributed by atoms with van der Waals surface area (Å²) in [6, 6.07) is 16.4. The van der Waals surface area contributed by atoms with E-state index in [4.69, 9.17) is 4.74 Å². The predicted octanol–water partition coefficient (Wildman–Crippen LogP) is 6.75. The van der Waals surface area contributed by atoms with Crippen LogP contribution in [0.15, 0.2) is 59.8 Å². The molecule has 3 aromatic carbocycles. The molecule has 2 N–H and O–H groups in total. The zero-order valence-electron chi connectivity index (χ0n) is 18.5. The Morgan fingerprint density at radius 2 is 1.94 bits per heavy atom. The summed E-state index contributed by atoms with van der Waals surface area (Å²) in [5, 5.41) is 16.4. The Hall–Kier alpha value is -2.54. The molecule has 0 aromatic heterocycles. The van der Waals surface area contributed by atoms with Crippen LogP contribution in [-0.2, 0) is 4.79 Å². The third kappa shape index (κ3) is 3.47. The maximum absolute atomic E-state index is 13.6. The molecule has 1 heterocycles. The highest BCUT2D eigenvalue weighted by molar-refractivity contribution is 14.1. The molecule has 0 spiro atoms. The Labute approximate surface area is 201 Å². The van der Waals surface area contributed by atoms with Gasteiger partial charge in [0.15, 0.2) is 17.3 Å². The third-order valence-corrected chi connectivity index (χ3v) is 7.26. The predicted molar refractivity (Wildman–Crippen MR) is 136 cm³/mol. The summed E-state index contributed by atoms with van der Waals surface area (Å²) in [6.45, 7) is 6.66. The first-order valence-corrected chi connectivity index (χ1v) is 12.1. The fourth-order valence-electron chi connectivity index (χ4n) is 5.16. The number of hydrogen-bond acceptors (Lipinski definition) is 4. The lowest BCUT2D eigenvalue weighted by Gasteiger charge is -2.40. The van der Waals surface area contributed by atoms with Gasteiger partial charge in [-0.05, 0) is 81.4 Å². The highest BCUT2D eigenvalue weighted by atomic mass is 127. The molecule has 0 saturated heterocycles. The molecule has 164 valence electrons. The van der Waals surface area contributed by atoms with Crippen molar-refractivity contribution >= 4 is 44.8 Å². The van der Waals surface area contributed by atoms with Gasteiger partial charge in [0.05, 0.1) is 10.2 Å². The van der Waals surface area contributed by atoms with E-state index in [1.807, 2.05) is 31.2 Å². The molecule has 32 heavy (non-hydrogen) atoms. The number of carbonyl (C=O) groups excluding carboxylic acids is 1. The molecule has 0 radical (unpaired) electrons. The van der Waals surface area contributed by atoms with E-state index in [-0.39, 0.29) is 22.9 Å². The van der Waals surface area contributed by atoms with Gasteiger partial charge in [-0.3, -0.25) is 4.79 Å². The van der Waals surface area contributed by atoms with Gasteiger partial charge in [0, 0.05) is 29.3 Å². The quantitative estimate of drug-likeness (QED) is 0.362. The number of rotatable bonds is 3. The van der Waals surface area contributed by atoms with Crippen molar-refractivity contribution in [2.75, 3.05) is 11.9 Å². The summed E-state index contributed by atoms with van der Waals surface area (Å²) in [5.41, 5.74) is 4.90. The molecule has 3 aromatic rings. The fraction of sp³-hybridized carbons (Fsp3) is 0.296. The smallest absolute Gasteiger partial charge is 0.171 e. The van der Waals surface area contributed by atoms with E-state index in [1.165, 1.54) is 0 Å². The molecule has 1 aliphatic heterocycles. The van der Waals surface area contributed by atoms with Crippen molar-refractivity contribution in [1.29, 1.82) is 0 Å². The molecule has 0 saturated carbocycles. The van der Waals surface area contributed by atoms with Gasteiger partial charge in [-0.1, -0.05) is 44.2 Å². The van der Waals surface area contributed by atoms with Crippen LogP contribution in [-0.4, -0.2) is 17.5 Å². The first-order valence-electron chi connectivity index (χ1n) is 11.0. The van der Waals surface area contributed by atoms with Gasteiger partial charge in [-0.15, -0.1) is 0 Å². The van der Waals surface area contributed by atoms with Crippen LogP contribution in [0.1, 0.15) is 50.7 Å². The number of Topliss-reactive ketones (excluding diaryl/α,β-unsaturated/α-hetero) is 1. The Balaban J connectivity index is 1.82. The third-order valence-electron chi connectivity index (χ3n) is 6.44. The van der Waals surface area contributed by atoms with Gasteiger partial charge in [0.1, 0.15) is 0 Å². The van der Waals surface area contributed by atoms with Crippen LogP contribution in [0, 0.1) is 8.99 Å². The number of aromatic hydroxyl groups is 1. The summed E-state index contributed by atoms with van der Waals surface area (Å²) in [4.78, 5) is 13.6. The number of ether oxygens (including phenoxy) is 1. The van der Waals surface area contributed by atoms with Crippen molar-refractivity contribution < 1.29 is 14.6 Å². The van der Waals surface area contributed by atoms with Crippen LogP contribution < -0.4 is 10.1 Å². The molecule has 0 fully saturated rings. The van der Waals surface area contributed by atoms with Crippen LogP contribution in [0.4, 0.5) is 5.69 Å². The second-order valence-corrected chi connectivity index (χ2v) is 10.6. The second-order valence-electron chi connectivity index (χ2n) is 9.42. The lowest BCUT2D eigenvalue weighted by molar-refractivity contribution is -0.118. The first kappa shape index (κ1) is 21.3. The van der Waals surface area contributed by atoms with Gasteiger partial charge < -0.3 is 15.2 Å². The lowest BCUT2D eigenvalue weighted by Crippen LogP contribution is -2.34. The van der Waals surface area contributed by atoms with Crippen molar-refractivity contribution in [2.24, 2.45) is 5.41 Å². The number of fused-ring (bicyclic) bond motifs is 3. The highest BCUT2D eigenvalue weighted by Crippen LogP contribution is 2.52. The van der Waals surface area contributed by atoms with Gasteiger partial charge in [0.2, 0.25) is 0 Å². The number of hydrogen-bond donors (Lipinski definition) is 2. The van der Waals surface area contributed by atoms with Crippen LogP contribution in [0.5, 0.6) is 11.5 Å². The standard InChI is InChI=1S/C27H26INO3/c1-4-32-22-12-16(11-18(28)26(22)31)23-24-17-8-6-5-7-15(17)9-10-19(24)29-20-13-27(2,3)14-21(30)25(20)23/h5-12,23,29,31H,4,13-14H2,1-3H3. The maximum Gasteiger partial charge on any atom is 0.171 e. The van der Waals surface area contributed by atoms with Crippen molar-refractivity contribution in [2.45, 2.75) is 39.5 Å². The SMILES string of the molecule is CCOc1cc(C2C3=C(CC(C)(C)CC3=O)Nc3ccc4ccccc4c32)cc(I)c1O. The molecule has 0 amide bonds.